The minimum Gasteiger partial charge on any atom is -0.497 e. The number of aliphatic hydroxyl groups is 1. The van der Waals surface area contributed by atoms with Crippen LogP contribution in [0.1, 0.15) is 33.7 Å². The van der Waals surface area contributed by atoms with Gasteiger partial charge in [0.05, 0.1) is 7.11 Å². The molecule has 1 aromatic heterocycles. The summed E-state index contributed by atoms with van der Waals surface area (Å²) in [6.07, 6.45) is 2.28. The van der Waals surface area contributed by atoms with Crippen LogP contribution < -0.4 is 14.8 Å². The Balaban J connectivity index is 1.67. The van der Waals surface area contributed by atoms with Gasteiger partial charge in [0.15, 0.2) is 11.6 Å². The number of aromatic nitrogens is 2. The van der Waals surface area contributed by atoms with Crippen LogP contribution in [0, 0.1) is 17.6 Å². The normalized spacial score (nSPS) is 14.0. The van der Waals surface area contributed by atoms with Crippen LogP contribution >= 0.6 is 0 Å². The third kappa shape index (κ3) is 5.88. The summed E-state index contributed by atoms with van der Waals surface area (Å²) in [5, 5.41) is 11.8. The number of methoxy groups -OCH3 is 1. The SMILES string of the molecule is COc1cc(F)c(-n2cc(C(=O)N3CCC(CO)CC3)nc2NC(=O)c2ccc(OC(F)F)cc2)c(F)c1. The number of carbonyl (C=O) groups excluding carboxylic acids is 2. The standard InChI is InChI=1S/C25H24F4N4O5/c1-37-17-10-18(26)21(19(27)11-17)33-12-20(23(36)32-8-6-14(13-34)7-9-32)30-25(33)31-22(35)15-2-4-16(5-3-15)38-24(28)29/h2-5,10-12,14,24,34H,6-9,13H2,1H3,(H,30,31,35). The van der Waals surface area contributed by atoms with E-state index in [0.717, 1.165) is 35.0 Å². The molecule has 4 rings (SSSR count). The highest BCUT2D eigenvalue weighted by Gasteiger charge is 2.28. The predicted molar refractivity (Wildman–Crippen MR) is 127 cm³/mol. The highest BCUT2D eigenvalue weighted by Crippen LogP contribution is 2.28. The highest BCUT2D eigenvalue weighted by atomic mass is 19.3. The molecular weight excluding hydrogens is 512 g/mol. The van der Waals surface area contributed by atoms with Crippen LogP contribution in [-0.4, -0.2) is 64.8 Å². The fourth-order valence-electron chi connectivity index (χ4n) is 4.07. The molecule has 2 N–H and O–H groups in total. The van der Waals surface area contributed by atoms with Crippen molar-refractivity contribution < 1.29 is 41.7 Å². The number of nitrogens with zero attached hydrogens (tertiary/aromatic N) is 3. The molecule has 0 bridgehead atoms. The number of anilines is 1. The second-order valence-corrected chi connectivity index (χ2v) is 8.53. The van der Waals surface area contributed by atoms with Gasteiger partial charge >= 0.3 is 6.61 Å². The molecule has 0 aliphatic carbocycles. The molecule has 2 aromatic carbocycles. The van der Waals surface area contributed by atoms with Crippen molar-refractivity contribution in [3.8, 4) is 17.2 Å². The maximum Gasteiger partial charge on any atom is 0.387 e. The summed E-state index contributed by atoms with van der Waals surface area (Å²) >= 11 is 0. The lowest BCUT2D eigenvalue weighted by Gasteiger charge is -2.30. The molecule has 0 radical (unpaired) electrons. The number of hydrogen-bond acceptors (Lipinski definition) is 6. The quantitative estimate of drug-likeness (QED) is 0.424. The van der Waals surface area contributed by atoms with E-state index in [9.17, 15) is 32.3 Å². The van der Waals surface area contributed by atoms with E-state index in [1.807, 2.05) is 0 Å². The van der Waals surface area contributed by atoms with Crippen LogP contribution in [0.5, 0.6) is 11.5 Å². The first-order chi connectivity index (χ1) is 18.2. The number of amides is 2. The highest BCUT2D eigenvalue weighted by molar-refractivity contribution is 6.04. The van der Waals surface area contributed by atoms with Gasteiger partial charge in [0.2, 0.25) is 5.95 Å². The van der Waals surface area contributed by atoms with E-state index < -0.39 is 35.7 Å². The smallest absolute Gasteiger partial charge is 0.387 e. The fraction of sp³-hybridized carbons (Fsp3) is 0.320. The summed E-state index contributed by atoms with van der Waals surface area (Å²) < 4.78 is 64.7. The summed E-state index contributed by atoms with van der Waals surface area (Å²) in [7, 11) is 1.24. The van der Waals surface area contributed by atoms with Crippen LogP contribution in [0.25, 0.3) is 5.69 Å². The summed E-state index contributed by atoms with van der Waals surface area (Å²) in [5.41, 5.74) is -0.763. The molecule has 202 valence electrons. The van der Waals surface area contributed by atoms with Crippen molar-refractivity contribution in [1.82, 2.24) is 14.5 Å². The summed E-state index contributed by atoms with van der Waals surface area (Å²) in [6, 6.07) is 6.61. The Morgan fingerprint density at radius 2 is 1.74 bits per heavy atom. The van der Waals surface area contributed by atoms with Gasteiger partial charge in [0, 0.05) is 43.6 Å². The fourth-order valence-corrected chi connectivity index (χ4v) is 4.07. The lowest BCUT2D eigenvalue weighted by atomic mass is 9.98. The number of imidazole rings is 1. The Kier molecular flexibility index (Phi) is 8.15. The number of piperidine rings is 1. The molecular formula is C25H24F4N4O5. The molecule has 0 spiro atoms. The molecule has 0 unspecified atom stereocenters. The first-order valence-electron chi connectivity index (χ1n) is 11.6. The zero-order valence-electron chi connectivity index (χ0n) is 20.2. The van der Waals surface area contributed by atoms with Crippen LogP contribution in [0.4, 0.5) is 23.5 Å². The molecule has 1 saturated heterocycles. The molecule has 1 fully saturated rings. The van der Waals surface area contributed by atoms with Gasteiger partial charge in [-0.05, 0) is 43.0 Å². The van der Waals surface area contributed by atoms with Crippen molar-refractivity contribution in [2.75, 3.05) is 32.1 Å². The van der Waals surface area contributed by atoms with Crippen LogP contribution in [0.3, 0.4) is 0 Å². The largest absolute Gasteiger partial charge is 0.497 e. The van der Waals surface area contributed by atoms with E-state index in [1.54, 1.807) is 0 Å². The summed E-state index contributed by atoms with van der Waals surface area (Å²) in [4.78, 5) is 31.7. The van der Waals surface area contributed by atoms with E-state index in [-0.39, 0.29) is 41.2 Å². The molecule has 1 aliphatic rings. The molecule has 2 heterocycles. The Bertz CT molecular complexity index is 1280. The second-order valence-electron chi connectivity index (χ2n) is 8.53. The van der Waals surface area contributed by atoms with Gasteiger partial charge < -0.3 is 19.5 Å². The van der Waals surface area contributed by atoms with Crippen molar-refractivity contribution >= 4 is 17.8 Å². The van der Waals surface area contributed by atoms with Gasteiger partial charge in [-0.25, -0.2) is 13.8 Å². The lowest BCUT2D eigenvalue weighted by molar-refractivity contribution is -0.0498. The number of rotatable bonds is 8. The molecule has 0 atom stereocenters. The molecule has 38 heavy (non-hydrogen) atoms. The Hall–Kier alpha value is -4.13. The average Bonchev–Trinajstić information content (AvgIpc) is 3.30. The zero-order valence-corrected chi connectivity index (χ0v) is 20.2. The minimum atomic E-state index is -3.04. The Labute approximate surface area is 214 Å². The van der Waals surface area contributed by atoms with Gasteiger partial charge in [0.1, 0.15) is 22.9 Å². The van der Waals surface area contributed by atoms with E-state index in [0.29, 0.717) is 25.9 Å². The number of alkyl halides is 2. The third-order valence-electron chi connectivity index (χ3n) is 6.12. The Morgan fingerprint density at radius 1 is 1.11 bits per heavy atom. The monoisotopic (exact) mass is 536 g/mol. The molecule has 13 heteroatoms. The summed E-state index contributed by atoms with van der Waals surface area (Å²) in [5.74, 6) is -3.89. The number of benzene rings is 2. The number of aliphatic hydroxyl groups excluding tert-OH is 1. The van der Waals surface area contributed by atoms with E-state index >= 15 is 0 Å². The number of carbonyl (C=O) groups is 2. The van der Waals surface area contributed by atoms with Gasteiger partial charge in [-0.3, -0.25) is 19.5 Å². The van der Waals surface area contributed by atoms with E-state index in [4.69, 9.17) is 4.74 Å². The van der Waals surface area contributed by atoms with Gasteiger partial charge in [-0.15, -0.1) is 0 Å². The number of hydrogen-bond donors (Lipinski definition) is 2. The first-order valence-corrected chi connectivity index (χ1v) is 11.6. The lowest BCUT2D eigenvalue weighted by Crippen LogP contribution is -2.39. The van der Waals surface area contributed by atoms with Crippen molar-refractivity contribution in [2.24, 2.45) is 5.92 Å². The number of ether oxygens (including phenoxy) is 2. The first kappa shape index (κ1) is 26.9. The second kappa shape index (κ2) is 11.5. The Morgan fingerprint density at radius 3 is 2.29 bits per heavy atom. The molecule has 1 aliphatic heterocycles. The maximum atomic E-state index is 14.9. The van der Waals surface area contributed by atoms with Crippen molar-refractivity contribution in [2.45, 2.75) is 19.5 Å². The predicted octanol–water partition coefficient (Wildman–Crippen LogP) is 3.86. The van der Waals surface area contributed by atoms with Crippen LogP contribution in [0.2, 0.25) is 0 Å². The number of likely N-dealkylation sites (tertiary alicyclic amines) is 1. The van der Waals surface area contributed by atoms with Crippen molar-refractivity contribution in [3.05, 3.63) is 65.5 Å². The van der Waals surface area contributed by atoms with E-state index in [1.165, 1.54) is 24.1 Å². The van der Waals surface area contributed by atoms with Gasteiger partial charge in [0.25, 0.3) is 11.8 Å². The van der Waals surface area contributed by atoms with Crippen molar-refractivity contribution in [3.63, 3.8) is 0 Å². The molecule has 0 saturated carbocycles. The van der Waals surface area contributed by atoms with Crippen LogP contribution in [0.15, 0.2) is 42.6 Å². The minimum absolute atomic E-state index is 0.00999. The topological polar surface area (TPSA) is 106 Å². The van der Waals surface area contributed by atoms with E-state index in [2.05, 4.69) is 15.0 Å². The van der Waals surface area contributed by atoms with Crippen LogP contribution in [-0.2, 0) is 0 Å². The maximum absolute atomic E-state index is 14.9. The molecule has 9 nitrogen and oxygen atoms in total. The molecule has 2 amide bonds. The zero-order chi connectivity index (χ0) is 27.4. The summed E-state index contributed by atoms with van der Waals surface area (Å²) in [6.45, 7) is -2.31. The average molecular weight is 536 g/mol. The third-order valence-corrected chi connectivity index (χ3v) is 6.12. The number of halogens is 4. The van der Waals surface area contributed by atoms with Gasteiger partial charge in [-0.2, -0.15) is 8.78 Å². The number of nitrogens with one attached hydrogen (secondary N) is 1. The molecule has 3 aromatic rings. The van der Waals surface area contributed by atoms with Gasteiger partial charge in [-0.1, -0.05) is 0 Å². The van der Waals surface area contributed by atoms with Crippen molar-refractivity contribution in [1.29, 1.82) is 0 Å².